The predicted octanol–water partition coefficient (Wildman–Crippen LogP) is -1.75. The molecule has 94 valence electrons. The molecule has 7 nitrogen and oxygen atoms in total. The van der Waals surface area contributed by atoms with Crippen LogP contribution in [0.3, 0.4) is 0 Å². The van der Waals surface area contributed by atoms with E-state index in [1.807, 2.05) is 0 Å². The molecule has 0 aliphatic heterocycles. The fraction of sp³-hybridized carbons (Fsp3) is 0.778. The highest BCUT2D eigenvalue weighted by Gasteiger charge is 2.22. The highest BCUT2D eigenvalue weighted by Crippen LogP contribution is 1.97. The highest BCUT2D eigenvalue weighted by molar-refractivity contribution is 5.85. The number of ether oxygens (including phenoxy) is 1. The zero-order chi connectivity index (χ0) is 12.7. The van der Waals surface area contributed by atoms with Gasteiger partial charge in [0, 0.05) is 20.7 Å². The second-order valence-electron chi connectivity index (χ2n) is 3.53. The summed E-state index contributed by atoms with van der Waals surface area (Å²) in [5.41, 5.74) is 5.38. The minimum Gasteiger partial charge on any atom is -0.481 e. The average molecular weight is 234 g/mol. The van der Waals surface area contributed by atoms with Gasteiger partial charge in [0.15, 0.2) is 0 Å². The molecule has 0 aromatic heterocycles. The first-order chi connectivity index (χ1) is 7.38. The summed E-state index contributed by atoms with van der Waals surface area (Å²) in [4.78, 5) is 23.0. The average Bonchev–Trinajstić information content (AvgIpc) is 2.15. The van der Waals surface area contributed by atoms with Crippen LogP contribution in [-0.2, 0) is 14.3 Å². The van der Waals surface area contributed by atoms with E-state index in [-0.39, 0.29) is 13.2 Å². The molecule has 0 saturated carbocycles. The van der Waals surface area contributed by atoms with E-state index >= 15 is 0 Å². The van der Waals surface area contributed by atoms with Gasteiger partial charge >= 0.3 is 5.97 Å². The summed E-state index contributed by atoms with van der Waals surface area (Å²) >= 11 is 0. The Morgan fingerprint density at radius 1 is 1.50 bits per heavy atom. The van der Waals surface area contributed by atoms with Crippen molar-refractivity contribution in [3.05, 3.63) is 0 Å². The lowest BCUT2D eigenvalue weighted by atomic mass is 10.2. The summed E-state index contributed by atoms with van der Waals surface area (Å²) in [6.45, 7) is 0.159. The molecule has 16 heavy (non-hydrogen) atoms. The molecule has 1 amide bonds. The number of hydrogen-bond acceptors (Lipinski definition) is 5. The van der Waals surface area contributed by atoms with E-state index < -0.39 is 30.4 Å². The highest BCUT2D eigenvalue weighted by atomic mass is 16.5. The Morgan fingerprint density at radius 2 is 2.06 bits per heavy atom. The van der Waals surface area contributed by atoms with E-state index in [4.69, 9.17) is 15.6 Å². The molecule has 0 aliphatic rings. The van der Waals surface area contributed by atoms with Crippen LogP contribution in [0.1, 0.15) is 6.42 Å². The topological polar surface area (TPSA) is 113 Å². The molecule has 0 radical (unpaired) electrons. The zero-order valence-electron chi connectivity index (χ0n) is 9.42. The van der Waals surface area contributed by atoms with Gasteiger partial charge in [-0.25, -0.2) is 0 Å². The molecule has 0 aromatic carbocycles. The number of likely N-dealkylation sites (N-methyl/N-ethyl adjacent to an activating group) is 1. The molecule has 0 fully saturated rings. The summed E-state index contributed by atoms with van der Waals surface area (Å²) in [5, 5.41) is 17.8. The minimum atomic E-state index is -1.13. The third-order valence-electron chi connectivity index (χ3n) is 1.93. The number of nitrogens with zero attached hydrogens (tertiary/aromatic N) is 1. The Morgan fingerprint density at radius 3 is 2.50 bits per heavy atom. The number of carbonyl (C=O) groups excluding carboxylic acids is 1. The molecule has 0 rings (SSSR count). The molecule has 2 unspecified atom stereocenters. The van der Waals surface area contributed by atoms with Crippen LogP contribution in [0.25, 0.3) is 0 Å². The first kappa shape index (κ1) is 14.8. The lowest BCUT2D eigenvalue weighted by molar-refractivity contribution is -0.142. The van der Waals surface area contributed by atoms with Gasteiger partial charge in [-0.2, -0.15) is 0 Å². The number of amides is 1. The second kappa shape index (κ2) is 7.15. The van der Waals surface area contributed by atoms with Crippen LogP contribution in [0, 0.1) is 0 Å². The van der Waals surface area contributed by atoms with Crippen molar-refractivity contribution in [2.45, 2.75) is 18.6 Å². The van der Waals surface area contributed by atoms with Crippen LogP contribution >= 0.6 is 0 Å². The smallest absolute Gasteiger partial charge is 0.305 e. The Balaban J connectivity index is 4.11. The van der Waals surface area contributed by atoms with Crippen molar-refractivity contribution < 1.29 is 24.5 Å². The van der Waals surface area contributed by atoms with Gasteiger partial charge < -0.3 is 25.6 Å². The third kappa shape index (κ3) is 5.64. The summed E-state index contributed by atoms with van der Waals surface area (Å²) in [6.07, 6.45) is -1.24. The van der Waals surface area contributed by atoms with E-state index in [9.17, 15) is 14.7 Å². The Hall–Kier alpha value is -1.18. The van der Waals surface area contributed by atoms with Crippen LogP contribution in [0.4, 0.5) is 0 Å². The molecule has 0 saturated heterocycles. The molecular formula is C9H18N2O5. The van der Waals surface area contributed by atoms with E-state index in [1.54, 1.807) is 0 Å². The largest absolute Gasteiger partial charge is 0.481 e. The monoisotopic (exact) mass is 234 g/mol. The first-order valence-electron chi connectivity index (χ1n) is 4.77. The number of methoxy groups -OCH3 is 1. The zero-order valence-corrected chi connectivity index (χ0v) is 9.42. The lowest BCUT2D eigenvalue weighted by Gasteiger charge is -2.22. The fourth-order valence-corrected chi connectivity index (χ4v) is 1.21. The molecule has 0 spiro atoms. The number of carboxylic acid groups (broad SMARTS) is 1. The van der Waals surface area contributed by atoms with E-state index in [2.05, 4.69) is 0 Å². The Bertz CT molecular complexity index is 246. The van der Waals surface area contributed by atoms with E-state index in [0.29, 0.717) is 0 Å². The number of carbonyl (C=O) groups is 2. The van der Waals surface area contributed by atoms with Crippen molar-refractivity contribution in [1.29, 1.82) is 0 Å². The second-order valence-corrected chi connectivity index (χ2v) is 3.53. The molecular weight excluding hydrogens is 216 g/mol. The predicted molar refractivity (Wildman–Crippen MR) is 55.7 cm³/mol. The van der Waals surface area contributed by atoms with Gasteiger partial charge in [-0.3, -0.25) is 9.59 Å². The van der Waals surface area contributed by atoms with Crippen LogP contribution < -0.4 is 5.73 Å². The maximum Gasteiger partial charge on any atom is 0.305 e. The number of carboxylic acids is 1. The minimum absolute atomic E-state index is 0.0555. The maximum atomic E-state index is 11.5. The standard InChI is InChI=1S/C9H18N2O5/c1-11(4-6(12)5-16-2)9(15)7(10)3-8(13)14/h6-7,12H,3-5,10H2,1-2H3,(H,13,14). The van der Waals surface area contributed by atoms with Crippen LogP contribution in [0.5, 0.6) is 0 Å². The van der Waals surface area contributed by atoms with E-state index in [0.717, 1.165) is 0 Å². The van der Waals surface area contributed by atoms with E-state index in [1.165, 1.54) is 19.1 Å². The number of aliphatic hydroxyl groups excluding tert-OH is 1. The maximum absolute atomic E-state index is 11.5. The number of aliphatic hydroxyl groups is 1. The van der Waals surface area contributed by atoms with Crippen molar-refractivity contribution in [2.24, 2.45) is 5.73 Å². The van der Waals surface area contributed by atoms with Crippen molar-refractivity contribution >= 4 is 11.9 Å². The van der Waals surface area contributed by atoms with Gasteiger partial charge in [0.2, 0.25) is 5.91 Å². The molecule has 0 aliphatic carbocycles. The molecule has 0 heterocycles. The molecule has 7 heteroatoms. The SMILES string of the molecule is COCC(O)CN(C)C(=O)C(N)CC(=O)O. The van der Waals surface area contributed by atoms with Crippen molar-refractivity contribution in [3.8, 4) is 0 Å². The normalized spacial score (nSPS) is 14.2. The van der Waals surface area contributed by atoms with Gasteiger partial charge in [-0.15, -0.1) is 0 Å². The molecule has 4 N–H and O–H groups in total. The van der Waals surface area contributed by atoms with Gasteiger partial charge in [0.25, 0.3) is 0 Å². The number of nitrogens with two attached hydrogens (primary N) is 1. The Labute approximate surface area is 93.8 Å². The summed E-state index contributed by atoms with van der Waals surface area (Å²) in [6, 6.07) is -1.09. The number of aliphatic carboxylic acids is 1. The molecule has 2 atom stereocenters. The van der Waals surface area contributed by atoms with Gasteiger partial charge in [-0.05, 0) is 0 Å². The van der Waals surface area contributed by atoms with Crippen molar-refractivity contribution in [3.63, 3.8) is 0 Å². The number of rotatable bonds is 7. The lowest BCUT2D eigenvalue weighted by Crippen LogP contribution is -2.46. The fourth-order valence-electron chi connectivity index (χ4n) is 1.21. The van der Waals surface area contributed by atoms with Crippen LogP contribution in [-0.4, -0.2) is 66.4 Å². The quantitative estimate of drug-likeness (QED) is 0.481. The summed E-state index contributed by atoms with van der Waals surface area (Å²) in [5.74, 6) is -1.65. The van der Waals surface area contributed by atoms with Gasteiger partial charge in [0.1, 0.15) is 0 Å². The van der Waals surface area contributed by atoms with Crippen LogP contribution in [0.15, 0.2) is 0 Å². The third-order valence-corrected chi connectivity index (χ3v) is 1.93. The summed E-state index contributed by atoms with van der Waals surface area (Å²) in [7, 11) is 2.88. The van der Waals surface area contributed by atoms with Crippen LogP contribution in [0.2, 0.25) is 0 Å². The summed E-state index contributed by atoms with van der Waals surface area (Å²) < 4.78 is 4.70. The molecule has 0 aromatic rings. The first-order valence-corrected chi connectivity index (χ1v) is 4.77. The van der Waals surface area contributed by atoms with Crippen molar-refractivity contribution in [1.82, 2.24) is 4.90 Å². The Kier molecular flexibility index (Phi) is 6.63. The molecule has 0 bridgehead atoms. The van der Waals surface area contributed by atoms with Gasteiger partial charge in [0.05, 0.1) is 25.2 Å². The van der Waals surface area contributed by atoms with Gasteiger partial charge in [-0.1, -0.05) is 0 Å². The van der Waals surface area contributed by atoms with Crippen molar-refractivity contribution in [2.75, 3.05) is 27.3 Å². The number of hydrogen-bond donors (Lipinski definition) is 3.